The first-order valence-electron chi connectivity index (χ1n) is 7.72. The second-order valence-corrected chi connectivity index (χ2v) is 7.76. The van der Waals surface area contributed by atoms with Crippen molar-refractivity contribution in [1.29, 1.82) is 0 Å². The van der Waals surface area contributed by atoms with Gasteiger partial charge < -0.3 is 10.6 Å². The molecule has 122 valence electrons. The van der Waals surface area contributed by atoms with Gasteiger partial charge >= 0.3 is 0 Å². The number of hydrogen-bond donors (Lipinski definition) is 1. The van der Waals surface area contributed by atoms with E-state index in [-0.39, 0.29) is 5.91 Å². The number of carbonyl (C=O) groups excluding carboxylic acids is 1. The molecule has 0 radical (unpaired) electrons. The number of rotatable bonds is 3. The molecule has 2 N–H and O–H groups in total. The molecule has 2 aliphatic rings. The van der Waals surface area contributed by atoms with E-state index in [1.54, 1.807) is 16.1 Å². The van der Waals surface area contributed by atoms with Crippen molar-refractivity contribution in [2.24, 2.45) is 5.73 Å². The average molecular weight is 318 g/mol. The molecule has 0 spiro atoms. The maximum Gasteiger partial charge on any atom is 0.282 e. The standard InChI is InChI=1S/C13H26N4O3S/c1-12(14)13(18)15-8-10-17(11-9-15)21(19,20)16-6-4-2-3-5-7-16/h12H,2-11,14H2,1H3/t12-/m1/s1. The summed E-state index contributed by atoms with van der Waals surface area (Å²) >= 11 is 0. The van der Waals surface area contributed by atoms with E-state index in [0.29, 0.717) is 39.3 Å². The number of nitrogens with zero attached hydrogens (tertiary/aromatic N) is 3. The summed E-state index contributed by atoms with van der Waals surface area (Å²) in [6.07, 6.45) is 4.07. The second-order valence-electron chi connectivity index (χ2n) is 5.83. The predicted octanol–water partition coefficient (Wildman–Crippen LogP) is -0.401. The minimum atomic E-state index is -3.38. The molecule has 0 bridgehead atoms. The topological polar surface area (TPSA) is 87.0 Å². The Morgan fingerprint density at radius 1 is 0.905 bits per heavy atom. The Morgan fingerprint density at radius 3 is 1.86 bits per heavy atom. The number of carbonyl (C=O) groups is 1. The average Bonchev–Trinajstić information content (AvgIpc) is 2.76. The van der Waals surface area contributed by atoms with Crippen LogP contribution in [0.1, 0.15) is 32.6 Å². The Balaban J connectivity index is 1.95. The number of piperazine rings is 1. The van der Waals surface area contributed by atoms with Crippen molar-refractivity contribution < 1.29 is 13.2 Å². The highest BCUT2D eigenvalue weighted by molar-refractivity contribution is 7.86. The van der Waals surface area contributed by atoms with Gasteiger partial charge in [0.05, 0.1) is 6.04 Å². The number of nitrogens with two attached hydrogens (primary N) is 1. The van der Waals surface area contributed by atoms with Crippen LogP contribution in [0.5, 0.6) is 0 Å². The van der Waals surface area contributed by atoms with Crippen LogP contribution in [0.2, 0.25) is 0 Å². The molecule has 2 rings (SSSR count). The summed E-state index contributed by atoms with van der Waals surface area (Å²) in [5.74, 6) is -0.109. The molecule has 0 aromatic heterocycles. The molecule has 2 saturated heterocycles. The van der Waals surface area contributed by atoms with E-state index in [1.807, 2.05) is 0 Å². The van der Waals surface area contributed by atoms with Crippen LogP contribution in [-0.4, -0.2) is 73.1 Å². The van der Waals surface area contributed by atoms with Crippen molar-refractivity contribution in [3.05, 3.63) is 0 Å². The lowest BCUT2D eigenvalue weighted by molar-refractivity contribution is -0.133. The number of amides is 1. The molecule has 1 atom stereocenters. The Labute approximate surface area is 127 Å². The highest BCUT2D eigenvalue weighted by atomic mass is 32.2. The molecule has 0 aliphatic carbocycles. The molecule has 7 nitrogen and oxygen atoms in total. The van der Waals surface area contributed by atoms with E-state index < -0.39 is 16.3 Å². The molecular formula is C13H26N4O3S. The third-order valence-corrected chi connectivity index (χ3v) is 6.19. The van der Waals surface area contributed by atoms with Gasteiger partial charge in [-0.05, 0) is 19.8 Å². The van der Waals surface area contributed by atoms with E-state index in [0.717, 1.165) is 25.7 Å². The van der Waals surface area contributed by atoms with Crippen LogP contribution in [0, 0.1) is 0 Å². The molecule has 8 heteroatoms. The fraction of sp³-hybridized carbons (Fsp3) is 0.923. The van der Waals surface area contributed by atoms with Crippen LogP contribution in [0.3, 0.4) is 0 Å². The number of hydrogen-bond acceptors (Lipinski definition) is 4. The smallest absolute Gasteiger partial charge is 0.282 e. The first kappa shape index (κ1) is 16.7. The summed E-state index contributed by atoms with van der Waals surface area (Å²) in [7, 11) is -3.38. The summed E-state index contributed by atoms with van der Waals surface area (Å²) in [5, 5.41) is 0. The largest absolute Gasteiger partial charge is 0.339 e. The highest BCUT2D eigenvalue weighted by Gasteiger charge is 2.33. The summed E-state index contributed by atoms with van der Waals surface area (Å²) in [6.45, 7) is 4.45. The van der Waals surface area contributed by atoms with E-state index in [9.17, 15) is 13.2 Å². The zero-order valence-corrected chi connectivity index (χ0v) is 13.5. The van der Waals surface area contributed by atoms with Crippen molar-refractivity contribution in [1.82, 2.24) is 13.5 Å². The zero-order valence-electron chi connectivity index (χ0n) is 12.7. The predicted molar refractivity (Wildman–Crippen MR) is 80.8 cm³/mol. The molecule has 2 heterocycles. The van der Waals surface area contributed by atoms with Crippen LogP contribution in [0.25, 0.3) is 0 Å². The second kappa shape index (κ2) is 7.04. The summed E-state index contributed by atoms with van der Waals surface area (Å²) < 4.78 is 28.4. The first-order chi connectivity index (χ1) is 9.93. The summed E-state index contributed by atoms with van der Waals surface area (Å²) in [6, 6.07) is -0.529. The van der Waals surface area contributed by atoms with Crippen molar-refractivity contribution in [3.8, 4) is 0 Å². The fourth-order valence-electron chi connectivity index (χ4n) is 2.86. The van der Waals surface area contributed by atoms with Gasteiger partial charge in [0, 0.05) is 39.3 Å². The van der Waals surface area contributed by atoms with Gasteiger partial charge in [0.25, 0.3) is 10.2 Å². The van der Waals surface area contributed by atoms with Crippen molar-refractivity contribution in [3.63, 3.8) is 0 Å². The summed E-state index contributed by atoms with van der Waals surface area (Å²) in [5.41, 5.74) is 5.59. The Hall–Kier alpha value is -0.700. The minimum absolute atomic E-state index is 0.109. The van der Waals surface area contributed by atoms with Crippen LogP contribution < -0.4 is 5.73 Å². The Bertz CT molecular complexity index is 450. The van der Waals surface area contributed by atoms with Gasteiger partial charge in [-0.15, -0.1) is 0 Å². The van der Waals surface area contributed by atoms with Gasteiger partial charge in [-0.3, -0.25) is 4.79 Å². The zero-order chi connectivity index (χ0) is 15.5. The van der Waals surface area contributed by atoms with Crippen molar-refractivity contribution in [2.45, 2.75) is 38.6 Å². The molecule has 0 aromatic rings. The van der Waals surface area contributed by atoms with Gasteiger partial charge in [0.2, 0.25) is 5.91 Å². The first-order valence-corrected chi connectivity index (χ1v) is 9.12. The van der Waals surface area contributed by atoms with Gasteiger partial charge in [0.15, 0.2) is 0 Å². The van der Waals surface area contributed by atoms with Crippen LogP contribution >= 0.6 is 0 Å². The minimum Gasteiger partial charge on any atom is -0.339 e. The van der Waals surface area contributed by atoms with Crippen molar-refractivity contribution >= 4 is 16.1 Å². The van der Waals surface area contributed by atoms with Gasteiger partial charge in [-0.25, -0.2) is 0 Å². The lowest BCUT2D eigenvalue weighted by Crippen LogP contribution is -2.56. The molecule has 0 unspecified atom stereocenters. The van der Waals surface area contributed by atoms with Crippen molar-refractivity contribution in [2.75, 3.05) is 39.3 Å². The summed E-state index contributed by atoms with van der Waals surface area (Å²) in [4.78, 5) is 13.5. The molecule has 21 heavy (non-hydrogen) atoms. The third-order valence-electron chi connectivity index (χ3n) is 4.16. The quantitative estimate of drug-likeness (QED) is 0.767. The molecular weight excluding hydrogens is 292 g/mol. The van der Waals surface area contributed by atoms with E-state index in [1.165, 1.54) is 4.31 Å². The lowest BCUT2D eigenvalue weighted by atomic mass is 10.2. The molecule has 0 aromatic carbocycles. The lowest BCUT2D eigenvalue weighted by Gasteiger charge is -2.37. The molecule has 2 aliphatic heterocycles. The van der Waals surface area contributed by atoms with E-state index >= 15 is 0 Å². The van der Waals surface area contributed by atoms with Crippen LogP contribution in [0.15, 0.2) is 0 Å². The van der Waals surface area contributed by atoms with E-state index in [4.69, 9.17) is 5.73 Å². The fourth-order valence-corrected chi connectivity index (χ4v) is 4.53. The van der Waals surface area contributed by atoms with Crippen LogP contribution in [-0.2, 0) is 15.0 Å². The third kappa shape index (κ3) is 3.94. The SMILES string of the molecule is C[C@@H](N)C(=O)N1CCN(S(=O)(=O)N2CCCCCC2)CC1. The van der Waals surface area contributed by atoms with Gasteiger partial charge in [-0.1, -0.05) is 12.8 Å². The molecule has 0 saturated carbocycles. The normalized spacial score (nSPS) is 24.6. The van der Waals surface area contributed by atoms with Gasteiger partial charge in [-0.2, -0.15) is 17.0 Å². The highest BCUT2D eigenvalue weighted by Crippen LogP contribution is 2.18. The monoisotopic (exact) mass is 318 g/mol. The molecule has 1 amide bonds. The maximum absolute atomic E-state index is 12.6. The van der Waals surface area contributed by atoms with Gasteiger partial charge in [0.1, 0.15) is 0 Å². The Kier molecular flexibility index (Phi) is 5.59. The van der Waals surface area contributed by atoms with Crippen LogP contribution in [0.4, 0.5) is 0 Å². The van der Waals surface area contributed by atoms with E-state index in [2.05, 4.69) is 0 Å². The molecule has 2 fully saturated rings. The Morgan fingerprint density at radius 2 is 1.38 bits per heavy atom. The maximum atomic E-state index is 12.6.